The summed E-state index contributed by atoms with van der Waals surface area (Å²) in [6.07, 6.45) is 2.03. The van der Waals surface area contributed by atoms with Crippen molar-refractivity contribution >= 4 is 21.6 Å². The summed E-state index contributed by atoms with van der Waals surface area (Å²) in [6.45, 7) is 1.92. The van der Waals surface area contributed by atoms with Gasteiger partial charge in [0.25, 0.3) is 5.69 Å². The first-order valence-electron chi connectivity index (χ1n) is 6.95. The highest BCUT2D eigenvalue weighted by Gasteiger charge is 2.29. The van der Waals surface area contributed by atoms with E-state index in [4.69, 9.17) is 10.5 Å². The monoisotopic (exact) mass is 357 g/mol. The lowest BCUT2D eigenvalue weighted by Crippen LogP contribution is -2.48. The number of hydrogen-bond acceptors (Lipinski definition) is 5. The molecule has 116 valence electrons. The molecule has 2 unspecified atom stereocenters. The Hall–Kier alpha value is -1.02. The van der Waals surface area contributed by atoms with Crippen LogP contribution in [0.5, 0.6) is 0 Å². The van der Waals surface area contributed by atoms with E-state index in [0.29, 0.717) is 17.6 Å². The van der Waals surface area contributed by atoms with Gasteiger partial charge in [-0.1, -0.05) is 15.9 Å². The Kier molecular flexibility index (Phi) is 5.69. The Bertz CT molecular complexity index is 512. The van der Waals surface area contributed by atoms with E-state index in [0.717, 1.165) is 24.9 Å². The summed E-state index contributed by atoms with van der Waals surface area (Å²) in [5.41, 5.74) is 6.71. The van der Waals surface area contributed by atoms with Crippen molar-refractivity contribution in [1.29, 1.82) is 0 Å². The van der Waals surface area contributed by atoms with Gasteiger partial charge >= 0.3 is 0 Å². The fraction of sp³-hybridized carbons (Fsp3) is 0.571. The maximum absolute atomic E-state index is 11.2. The Balaban J connectivity index is 2.15. The molecule has 0 saturated carbocycles. The summed E-state index contributed by atoms with van der Waals surface area (Å²) in [5, 5.41) is 11.2. The van der Waals surface area contributed by atoms with Crippen LogP contribution in [-0.4, -0.2) is 42.2 Å². The molecule has 0 bridgehead atoms. The molecule has 6 nitrogen and oxygen atoms in total. The number of ether oxygens (including phenoxy) is 1. The second-order valence-corrected chi connectivity index (χ2v) is 6.19. The molecule has 0 amide bonds. The predicted octanol–water partition coefficient (Wildman–Crippen LogP) is 2.30. The number of likely N-dealkylation sites (tertiary alicyclic amines) is 1. The zero-order valence-corrected chi connectivity index (χ0v) is 13.6. The van der Waals surface area contributed by atoms with Crippen LogP contribution in [0.25, 0.3) is 0 Å². The van der Waals surface area contributed by atoms with E-state index in [1.807, 2.05) is 6.07 Å². The highest BCUT2D eigenvalue weighted by Crippen LogP contribution is 2.27. The van der Waals surface area contributed by atoms with Gasteiger partial charge in [-0.2, -0.15) is 0 Å². The number of nitrogens with two attached hydrogens (primary N) is 1. The molecule has 1 saturated heterocycles. The third-order valence-corrected chi connectivity index (χ3v) is 4.51. The second-order valence-electron chi connectivity index (χ2n) is 5.27. The fourth-order valence-corrected chi connectivity index (χ4v) is 3.14. The minimum atomic E-state index is -0.334. The number of nitro groups is 1. The van der Waals surface area contributed by atoms with Crippen LogP contribution in [-0.2, 0) is 11.3 Å². The molecule has 0 aromatic heterocycles. The van der Waals surface area contributed by atoms with Gasteiger partial charge in [0, 0.05) is 48.9 Å². The highest BCUT2D eigenvalue weighted by atomic mass is 79.9. The maximum atomic E-state index is 11.2. The van der Waals surface area contributed by atoms with E-state index in [2.05, 4.69) is 20.8 Å². The van der Waals surface area contributed by atoms with Crippen molar-refractivity contribution in [3.63, 3.8) is 0 Å². The largest absolute Gasteiger partial charge is 0.381 e. The molecular formula is C14H20BrN3O3. The van der Waals surface area contributed by atoms with Gasteiger partial charge in [0.1, 0.15) is 0 Å². The molecule has 1 fully saturated rings. The van der Waals surface area contributed by atoms with Crippen molar-refractivity contribution in [2.45, 2.75) is 31.5 Å². The Morgan fingerprint density at radius 2 is 2.33 bits per heavy atom. The van der Waals surface area contributed by atoms with Crippen LogP contribution < -0.4 is 5.73 Å². The standard InChI is InChI=1S/C14H20BrN3O3/c1-21-13-4-5-17(12(7-13)8-16)9-10-2-3-11(15)6-14(10)18(19)20/h2-3,6,12-13H,4-5,7-9,16H2,1H3. The van der Waals surface area contributed by atoms with E-state index in [-0.39, 0.29) is 22.8 Å². The van der Waals surface area contributed by atoms with Crippen LogP contribution in [0.4, 0.5) is 5.69 Å². The summed E-state index contributed by atoms with van der Waals surface area (Å²) in [5.74, 6) is 0. The van der Waals surface area contributed by atoms with Crippen molar-refractivity contribution in [2.24, 2.45) is 5.73 Å². The van der Waals surface area contributed by atoms with E-state index >= 15 is 0 Å². The SMILES string of the molecule is COC1CCN(Cc2ccc(Br)cc2[N+](=O)[O-])C(CN)C1. The number of halogens is 1. The van der Waals surface area contributed by atoms with Crippen LogP contribution in [0.15, 0.2) is 22.7 Å². The maximum Gasteiger partial charge on any atom is 0.275 e. The lowest BCUT2D eigenvalue weighted by atomic mass is 9.98. The molecule has 0 spiro atoms. The lowest BCUT2D eigenvalue weighted by Gasteiger charge is -2.38. The third-order valence-electron chi connectivity index (χ3n) is 4.01. The van der Waals surface area contributed by atoms with Crippen molar-refractivity contribution in [1.82, 2.24) is 4.90 Å². The fourth-order valence-electron chi connectivity index (χ4n) is 2.79. The van der Waals surface area contributed by atoms with Crippen molar-refractivity contribution in [3.05, 3.63) is 38.3 Å². The summed E-state index contributed by atoms with van der Waals surface area (Å²) >= 11 is 3.28. The van der Waals surface area contributed by atoms with E-state index in [9.17, 15) is 10.1 Å². The smallest absolute Gasteiger partial charge is 0.275 e. The Morgan fingerprint density at radius 3 is 2.95 bits per heavy atom. The van der Waals surface area contributed by atoms with E-state index in [1.165, 1.54) is 0 Å². The number of piperidine rings is 1. The summed E-state index contributed by atoms with van der Waals surface area (Å²) in [7, 11) is 1.72. The summed E-state index contributed by atoms with van der Waals surface area (Å²) in [4.78, 5) is 13.1. The van der Waals surface area contributed by atoms with Crippen LogP contribution >= 0.6 is 15.9 Å². The molecule has 2 N–H and O–H groups in total. The molecule has 1 aromatic carbocycles. The summed E-state index contributed by atoms with van der Waals surface area (Å²) in [6, 6.07) is 5.39. The molecular weight excluding hydrogens is 338 g/mol. The third kappa shape index (κ3) is 4.00. The normalized spacial score (nSPS) is 23.2. The Morgan fingerprint density at radius 1 is 1.57 bits per heavy atom. The lowest BCUT2D eigenvalue weighted by molar-refractivity contribution is -0.385. The predicted molar refractivity (Wildman–Crippen MR) is 84.1 cm³/mol. The molecule has 0 radical (unpaired) electrons. The molecule has 1 heterocycles. The van der Waals surface area contributed by atoms with Gasteiger partial charge in [0.2, 0.25) is 0 Å². The number of rotatable bonds is 5. The van der Waals surface area contributed by atoms with Gasteiger partial charge in [-0.15, -0.1) is 0 Å². The quantitative estimate of drug-likeness (QED) is 0.645. The average molecular weight is 358 g/mol. The van der Waals surface area contributed by atoms with Gasteiger partial charge in [0.05, 0.1) is 11.0 Å². The molecule has 1 aliphatic rings. The number of benzene rings is 1. The topological polar surface area (TPSA) is 81.6 Å². The van der Waals surface area contributed by atoms with Crippen LogP contribution in [0.1, 0.15) is 18.4 Å². The molecule has 2 rings (SSSR count). The molecule has 2 atom stereocenters. The zero-order valence-electron chi connectivity index (χ0n) is 12.0. The molecule has 1 aliphatic heterocycles. The van der Waals surface area contributed by atoms with Crippen molar-refractivity contribution in [2.75, 3.05) is 20.2 Å². The number of nitrogens with zero attached hydrogens (tertiary/aromatic N) is 2. The molecule has 0 aliphatic carbocycles. The van der Waals surface area contributed by atoms with Crippen LogP contribution in [0, 0.1) is 10.1 Å². The Labute approximate surface area is 132 Å². The van der Waals surface area contributed by atoms with Crippen molar-refractivity contribution < 1.29 is 9.66 Å². The first-order valence-corrected chi connectivity index (χ1v) is 7.74. The number of methoxy groups -OCH3 is 1. The second kappa shape index (κ2) is 7.31. The average Bonchev–Trinajstić information content (AvgIpc) is 2.49. The van der Waals surface area contributed by atoms with E-state index in [1.54, 1.807) is 19.2 Å². The molecule has 1 aromatic rings. The number of hydrogen-bond donors (Lipinski definition) is 1. The molecule has 7 heteroatoms. The van der Waals surface area contributed by atoms with Crippen LogP contribution in [0.3, 0.4) is 0 Å². The first-order chi connectivity index (χ1) is 10.0. The highest BCUT2D eigenvalue weighted by molar-refractivity contribution is 9.10. The van der Waals surface area contributed by atoms with Gasteiger partial charge in [0.15, 0.2) is 0 Å². The minimum absolute atomic E-state index is 0.147. The summed E-state index contributed by atoms with van der Waals surface area (Å²) < 4.78 is 6.12. The minimum Gasteiger partial charge on any atom is -0.381 e. The van der Waals surface area contributed by atoms with Gasteiger partial charge in [-0.25, -0.2) is 0 Å². The molecule has 21 heavy (non-hydrogen) atoms. The van der Waals surface area contributed by atoms with Gasteiger partial charge in [-0.05, 0) is 25.0 Å². The zero-order chi connectivity index (χ0) is 15.4. The van der Waals surface area contributed by atoms with Gasteiger partial charge < -0.3 is 10.5 Å². The van der Waals surface area contributed by atoms with Crippen molar-refractivity contribution in [3.8, 4) is 0 Å². The van der Waals surface area contributed by atoms with E-state index < -0.39 is 0 Å². The van der Waals surface area contributed by atoms with Crippen LogP contribution in [0.2, 0.25) is 0 Å². The number of nitro benzene ring substituents is 1. The first kappa shape index (κ1) is 16.4. The van der Waals surface area contributed by atoms with Gasteiger partial charge in [-0.3, -0.25) is 15.0 Å².